The summed E-state index contributed by atoms with van der Waals surface area (Å²) in [6.45, 7) is 0.809. The summed E-state index contributed by atoms with van der Waals surface area (Å²) in [7, 11) is 0. The first-order valence-electron chi connectivity index (χ1n) is 6.42. The van der Waals surface area contributed by atoms with Crippen molar-refractivity contribution < 1.29 is 27.8 Å². The number of esters is 1. The Morgan fingerprint density at radius 2 is 2.00 bits per heavy atom. The lowest BCUT2D eigenvalue weighted by Gasteiger charge is -2.35. The first-order valence-corrected chi connectivity index (χ1v) is 6.42. The minimum Gasteiger partial charge on any atom is -0.466 e. The molecule has 0 spiro atoms. The second-order valence-electron chi connectivity index (χ2n) is 4.97. The molecule has 0 bridgehead atoms. The lowest BCUT2D eigenvalue weighted by molar-refractivity contribution is -0.151. The molecule has 19 heavy (non-hydrogen) atoms. The highest BCUT2D eigenvalue weighted by molar-refractivity contribution is 5.72. The molecular formula is C12H20F3NO3. The van der Waals surface area contributed by atoms with Crippen LogP contribution in [0.25, 0.3) is 0 Å². The molecule has 1 saturated carbocycles. The first kappa shape index (κ1) is 16.2. The predicted octanol–water partition coefficient (Wildman–Crippen LogP) is 1.62. The van der Waals surface area contributed by atoms with Crippen LogP contribution < -0.4 is 5.32 Å². The lowest BCUT2D eigenvalue weighted by Crippen LogP contribution is -2.46. The number of hydrogen-bond acceptors (Lipinski definition) is 4. The predicted molar refractivity (Wildman–Crippen MR) is 62.5 cm³/mol. The number of ether oxygens (including phenoxy) is 1. The topological polar surface area (TPSA) is 58.6 Å². The molecule has 1 aliphatic rings. The number of hydrogen-bond donors (Lipinski definition) is 2. The number of aliphatic hydroxyl groups is 1. The number of carbonyl (C=O) groups is 1. The van der Waals surface area contributed by atoms with Crippen molar-refractivity contribution in [2.45, 2.75) is 44.4 Å². The van der Waals surface area contributed by atoms with Gasteiger partial charge in [-0.15, -0.1) is 0 Å². The molecule has 0 radical (unpaired) electrons. The van der Waals surface area contributed by atoms with Gasteiger partial charge >= 0.3 is 12.1 Å². The summed E-state index contributed by atoms with van der Waals surface area (Å²) < 4.78 is 40.8. The molecule has 7 heteroatoms. The molecule has 2 N–H and O–H groups in total. The van der Waals surface area contributed by atoms with Gasteiger partial charge in [-0.25, -0.2) is 0 Å². The second-order valence-corrected chi connectivity index (χ2v) is 4.97. The molecule has 1 rings (SSSR count). The van der Waals surface area contributed by atoms with Crippen molar-refractivity contribution in [1.29, 1.82) is 0 Å². The molecule has 0 amide bonds. The quantitative estimate of drug-likeness (QED) is 0.753. The van der Waals surface area contributed by atoms with Gasteiger partial charge in [-0.3, -0.25) is 4.79 Å². The van der Waals surface area contributed by atoms with Crippen molar-refractivity contribution in [1.82, 2.24) is 5.32 Å². The van der Waals surface area contributed by atoms with Gasteiger partial charge in [0.2, 0.25) is 0 Å². The van der Waals surface area contributed by atoms with Crippen LogP contribution in [-0.2, 0) is 9.53 Å². The van der Waals surface area contributed by atoms with E-state index >= 15 is 0 Å². The zero-order valence-corrected chi connectivity index (χ0v) is 10.9. The van der Waals surface area contributed by atoms with E-state index in [4.69, 9.17) is 4.74 Å². The average molecular weight is 283 g/mol. The van der Waals surface area contributed by atoms with E-state index in [2.05, 4.69) is 5.32 Å². The van der Waals surface area contributed by atoms with Crippen molar-refractivity contribution in [3.05, 3.63) is 0 Å². The summed E-state index contributed by atoms with van der Waals surface area (Å²) in [6.07, 6.45) is -2.77. The highest BCUT2D eigenvalue weighted by atomic mass is 19.4. The Morgan fingerprint density at radius 3 is 2.47 bits per heavy atom. The Kier molecular flexibility index (Phi) is 5.61. The van der Waals surface area contributed by atoms with Crippen LogP contribution in [0.3, 0.4) is 0 Å². The van der Waals surface area contributed by atoms with E-state index in [1.807, 2.05) is 0 Å². The SMILES string of the molecule is CCOC(=O)C1CCC(O)(CNCC(F)(F)F)CC1. The summed E-state index contributed by atoms with van der Waals surface area (Å²) in [4.78, 5) is 11.5. The van der Waals surface area contributed by atoms with E-state index in [1.54, 1.807) is 6.92 Å². The summed E-state index contributed by atoms with van der Waals surface area (Å²) in [5, 5.41) is 12.3. The molecule has 1 fully saturated rings. The molecule has 0 aromatic carbocycles. The highest BCUT2D eigenvalue weighted by Crippen LogP contribution is 2.32. The molecule has 112 valence electrons. The van der Waals surface area contributed by atoms with Gasteiger partial charge < -0.3 is 15.2 Å². The van der Waals surface area contributed by atoms with Gasteiger partial charge in [0.05, 0.1) is 24.7 Å². The molecule has 0 heterocycles. The van der Waals surface area contributed by atoms with Crippen LogP contribution in [0.15, 0.2) is 0 Å². The van der Waals surface area contributed by atoms with E-state index in [-0.39, 0.29) is 18.4 Å². The Morgan fingerprint density at radius 1 is 1.42 bits per heavy atom. The Bertz CT molecular complexity index is 299. The summed E-state index contributed by atoms with van der Waals surface area (Å²) in [6, 6.07) is 0. The van der Waals surface area contributed by atoms with E-state index in [0.29, 0.717) is 32.3 Å². The molecule has 0 saturated heterocycles. The first-order chi connectivity index (χ1) is 8.76. The number of halogens is 3. The maximum absolute atomic E-state index is 12.0. The standard InChI is InChI=1S/C12H20F3NO3/c1-2-19-10(17)9-3-5-11(18,6-4-9)7-16-8-12(13,14)15/h9,16,18H,2-8H2,1H3. The third-order valence-corrected chi connectivity index (χ3v) is 3.32. The zero-order chi connectivity index (χ0) is 14.5. The number of alkyl halides is 3. The van der Waals surface area contributed by atoms with Crippen molar-refractivity contribution in [2.75, 3.05) is 19.7 Å². The smallest absolute Gasteiger partial charge is 0.401 e. The lowest BCUT2D eigenvalue weighted by atomic mass is 9.79. The molecule has 0 atom stereocenters. The highest BCUT2D eigenvalue weighted by Gasteiger charge is 2.37. The van der Waals surface area contributed by atoms with E-state index < -0.39 is 18.3 Å². The van der Waals surface area contributed by atoms with Crippen LogP contribution >= 0.6 is 0 Å². The Labute approximate surface area is 110 Å². The summed E-state index contributed by atoms with van der Waals surface area (Å²) >= 11 is 0. The number of rotatable bonds is 5. The fourth-order valence-corrected chi connectivity index (χ4v) is 2.26. The minimum absolute atomic E-state index is 0.109. The minimum atomic E-state index is -4.28. The molecule has 0 unspecified atom stereocenters. The molecule has 1 aliphatic carbocycles. The van der Waals surface area contributed by atoms with Gasteiger partial charge in [0.15, 0.2) is 0 Å². The maximum atomic E-state index is 12.0. The van der Waals surface area contributed by atoms with Crippen molar-refractivity contribution in [3.8, 4) is 0 Å². The van der Waals surface area contributed by atoms with Crippen molar-refractivity contribution in [2.24, 2.45) is 5.92 Å². The van der Waals surface area contributed by atoms with Crippen LogP contribution in [0.1, 0.15) is 32.6 Å². The van der Waals surface area contributed by atoms with Crippen LogP contribution in [0.4, 0.5) is 13.2 Å². The third kappa shape index (κ3) is 5.78. The van der Waals surface area contributed by atoms with Gasteiger partial charge in [0.1, 0.15) is 0 Å². The van der Waals surface area contributed by atoms with Gasteiger partial charge in [0.25, 0.3) is 0 Å². The summed E-state index contributed by atoms with van der Waals surface area (Å²) in [5.41, 5.74) is -1.16. The second kappa shape index (κ2) is 6.56. The number of nitrogens with one attached hydrogen (secondary N) is 1. The molecule has 0 aromatic heterocycles. The average Bonchev–Trinajstić information content (AvgIpc) is 2.28. The van der Waals surface area contributed by atoms with Gasteiger partial charge in [-0.1, -0.05) is 0 Å². The zero-order valence-electron chi connectivity index (χ0n) is 10.9. The Hall–Kier alpha value is -0.820. The van der Waals surface area contributed by atoms with Crippen LogP contribution in [0, 0.1) is 5.92 Å². The van der Waals surface area contributed by atoms with Gasteiger partial charge in [-0.2, -0.15) is 13.2 Å². The van der Waals surface area contributed by atoms with E-state index in [9.17, 15) is 23.1 Å². The number of carbonyl (C=O) groups excluding carboxylic acids is 1. The van der Waals surface area contributed by atoms with Crippen LogP contribution in [0.5, 0.6) is 0 Å². The Balaban J connectivity index is 2.33. The fraction of sp³-hybridized carbons (Fsp3) is 0.917. The molecule has 0 aromatic rings. The fourth-order valence-electron chi connectivity index (χ4n) is 2.26. The van der Waals surface area contributed by atoms with Crippen molar-refractivity contribution >= 4 is 5.97 Å². The molecule has 4 nitrogen and oxygen atoms in total. The monoisotopic (exact) mass is 283 g/mol. The van der Waals surface area contributed by atoms with E-state index in [0.717, 1.165) is 0 Å². The van der Waals surface area contributed by atoms with Crippen LogP contribution in [-0.4, -0.2) is 42.5 Å². The van der Waals surface area contributed by atoms with Crippen molar-refractivity contribution in [3.63, 3.8) is 0 Å². The normalized spacial score (nSPS) is 28.2. The largest absolute Gasteiger partial charge is 0.466 e. The maximum Gasteiger partial charge on any atom is 0.401 e. The van der Waals surface area contributed by atoms with Gasteiger partial charge in [0, 0.05) is 6.54 Å². The van der Waals surface area contributed by atoms with Gasteiger partial charge in [-0.05, 0) is 32.6 Å². The van der Waals surface area contributed by atoms with Crippen LogP contribution in [0.2, 0.25) is 0 Å². The molecule has 0 aliphatic heterocycles. The third-order valence-electron chi connectivity index (χ3n) is 3.32. The molecular weight excluding hydrogens is 263 g/mol. The summed E-state index contributed by atoms with van der Waals surface area (Å²) in [5.74, 6) is -0.532. The van der Waals surface area contributed by atoms with E-state index in [1.165, 1.54) is 0 Å².